The minimum Gasteiger partial charge on any atom is -0.325 e. The lowest BCUT2D eigenvalue weighted by Gasteiger charge is -2.24. The van der Waals surface area contributed by atoms with Gasteiger partial charge in [0, 0.05) is 13.1 Å². The standard InChI is InChI=1S/C4H13NO5P2/c1-3-5(4-2)11(6,7)12(8,9)10/h3-4H2,1-2H3,(H,6,7)(H2,8,9,10). The maximum absolute atomic E-state index is 11.1. The van der Waals surface area contributed by atoms with E-state index in [-0.39, 0.29) is 13.1 Å². The Hall–Kier alpha value is 0.300. The largest absolute Gasteiger partial charge is 0.423 e. The van der Waals surface area contributed by atoms with Gasteiger partial charge in [-0.15, -0.1) is 0 Å². The van der Waals surface area contributed by atoms with Crippen LogP contribution in [0.1, 0.15) is 13.8 Å². The molecule has 3 N–H and O–H groups in total. The van der Waals surface area contributed by atoms with Crippen molar-refractivity contribution in [3.8, 4) is 0 Å². The summed E-state index contributed by atoms with van der Waals surface area (Å²) in [7, 11) is -9.41. The van der Waals surface area contributed by atoms with E-state index < -0.39 is 14.5 Å². The summed E-state index contributed by atoms with van der Waals surface area (Å²) in [5.41, 5.74) is 0. The predicted octanol–water partition coefficient (Wildman–Crippen LogP) is 0.606. The zero-order valence-corrected chi connectivity index (χ0v) is 8.70. The lowest BCUT2D eigenvalue weighted by atomic mass is 10.7. The molecule has 8 heteroatoms. The van der Waals surface area contributed by atoms with Gasteiger partial charge in [-0.05, 0) is 0 Å². The lowest BCUT2D eigenvalue weighted by molar-refractivity contribution is 0.339. The SMILES string of the molecule is CCN(CC)P(=O)(O)P(=O)(O)O. The first kappa shape index (κ1) is 12.3. The Morgan fingerprint density at radius 1 is 1.08 bits per heavy atom. The van der Waals surface area contributed by atoms with Gasteiger partial charge in [0.1, 0.15) is 0 Å². The summed E-state index contributed by atoms with van der Waals surface area (Å²) in [6.07, 6.45) is 0. The molecule has 1 unspecified atom stereocenters. The van der Waals surface area contributed by atoms with Gasteiger partial charge in [-0.1, -0.05) is 13.8 Å². The maximum atomic E-state index is 11.1. The fourth-order valence-corrected chi connectivity index (χ4v) is 3.57. The Bertz CT molecular complexity index is 232. The van der Waals surface area contributed by atoms with Crippen molar-refractivity contribution < 1.29 is 23.8 Å². The summed E-state index contributed by atoms with van der Waals surface area (Å²) in [4.78, 5) is 26.1. The molecule has 0 aromatic rings. The van der Waals surface area contributed by atoms with E-state index >= 15 is 0 Å². The van der Waals surface area contributed by atoms with Gasteiger partial charge in [-0.25, -0.2) is 9.24 Å². The van der Waals surface area contributed by atoms with Crippen molar-refractivity contribution in [3.05, 3.63) is 0 Å². The van der Waals surface area contributed by atoms with Crippen molar-refractivity contribution in [1.82, 2.24) is 4.67 Å². The minimum atomic E-state index is -4.92. The van der Waals surface area contributed by atoms with Crippen molar-refractivity contribution in [1.29, 1.82) is 0 Å². The molecule has 0 saturated carbocycles. The molecule has 0 aliphatic carbocycles. The van der Waals surface area contributed by atoms with Crippen molar-refractivity contribution >= 4 is 14.5 Å². The number of nitrogens with zero attached hydrogens (tertiary/aromatic N) is 1. The maximum Gasteiger partial charge on any atom is 0.423 e. The number of hydrogen-bond acceptors (Lipinski definition) is 2. The molecule has 74 valence electrons. The molecule has 0 spiro atoms. The second kappa shape index (κ2) is 4.01. The first-order valence-corrected chi connectivity index (χ1v) is 7.34. The van der Waals surface area contributed by atoms with E-state index in [0.717, 1.165) is 4.67 Å². The number of rotatable bonds is 4. The highest BCUT2D eigenvalue weighted by Crippen LogP contribution is 2.75. The van der Waals surface area contributed by atoms with E-state index in [1.807, 2.05) is 0 Å². The van der Waals surface area contributed by atoms with Crippen LogP contribution < -0.4 is 0 Å². The minimum absolute atomic E-state index is 0.134. The zero-order chi connectivity index (χ0) is 9.99. The van der Waals surface area contributed by atoms with Gasteiger partial charge in [0.2, 0.25) is 0 Å². The Kier molecular flexibility index (Phi) is 4.11. The smallest absolute Gasteiger partial charge is 0.325 e. The predicted molar refractivity (Wildman–Crippen MR) is 44.8 cm³/mol. The fraction of sp³-hybridized carbons (Fsp3) is 1.00. The molecule has 0 saturated heterocycles. The summed E-state index contributed by atoms with van der Waals surface area (Å²) < 4.78 is 22.5. The molecule has 0 aromatic carbocycles. The van der Waals surface area contributed by atoms with Crippen molar-refractivity contribution in [2.45, 2.75) is 13.8 Å². The Labute approximate surface area is 70.8 Å². The first-order valence-electron chi connectivity index (χ1n) is 3.41. The quantitative estimate of drug-likeness (QED) is 0.596. The molecule has 0 heterocycles. The van der Waals surface area contributed by atoms with Gasteiger partial charge < -0.3 is 14.7 Å². The topological polar surface area (TPSA) is 98.1 Å². The molecule has 0 radical (unpaired) electrons. The Balaban J connectivity index is 4.84. The van der Waals surface area contributed by atoms with Crippen LogP contribution in [-0.4, -0.2) is 32.4 Å². The van der Waals surface area contributed by atoms with E-state index in [1.54, 1.807) is 13.8 Å². The van der Waals surface area contributed by atoms with Crippen LogP contribution in [0.5, 0.6) is 0 Å². The van der Waals surface area contributed by atoms with Gasteiger partial charge in [0.25, 0.3) is 0 Å². The van der Waals surface area contributed by atoms with Crippen LogP contribution >= 0.6 is 14.5 Å². The summed E-state index contributed by atoms with van der Waals surface area (Å²) in [6.45, 7) is 3.38. The highest BCUT2D eigenvalue weighted by Gasteiger charge is 2.44. The third kappa shape index (κ3) is 2.39. The fourth-order valence-electron chi connectivity index (χ4n) is 0.757. The molecule has 1 atom stereocenters. The summed E-state index contributed by atoms with van der Waals surface area (Å²) >= 11 is 0. The van der Waals surface area contributed by atoms with Gasteiger partial charge in [0.15, 0.2) is 0 Å². The van der Waals surface area contributed by atoms with Crippen LogP contribution in [0.3, 0.4) is 0 Å². The molecule has 0 aliphatic rings. The molecule has 0 aliphatic heterocycles. The molecule has 12 heavy (non-hydrogen) atoms. The molecule has 0 bridgehead atoms. The molecule has 0 aromatic heterocycles. The van der Waals surface area contributed by atoms with Gasteiger partial charge in [-0.2, -0.15) is 0 Å². The molecule has 6 nitrogen and oxygen atoms in total. The third-order valence-corrected chi connectivity index (χ3v) is 6.21. The van der Waals surface area contributed by atoms with Crippen molar-refractivity contribution in [2.75, 3.05) is 13.1 Å². The van der Waals surface area contributed by atoms with Crippen molar-refractivity contribution in [2.24, 2.45) is 0 Å². The first-order chi connectivity index (χ1) is 5.27. The zero-order valence-electron chi connectivity index (χ0n) is 6.91. The van der Waals surface area contributed by atoms with E-state index in [9.17, 15) is 9.13 Å². The van der Waals surface area contributed by atoms with E-state index in [2.05, 4.69) is 0 Å². The molecular formula is C4H13NO5P2. The lowest BCUT2D eigenvalue weighted by Crippen LogP contribution is -2.19. The summed E-state index contributed by atoms with van der Waals surface area (Å²) in [5, 5.41) is 0. The van der Waals surface area contributed by atoms with E-state index in [0.29, 0.717) is 0 Å². The Morgan fingerprint density at radius 3 is 1.50 bits per heavy atom. The summed E-state index contributed by atoms with van der Waals surface area (Å²) in [5.74, 6) is 0. The third-order valence-electron chi connectivity index (χ3n) is 1.44. The monoisotopic (exact) mass is 217 g/mol. The van der Waals surface area contributed by atoms with E-state index in [4.69, 9.17) is 14.7 Å². The van der Waals surface area contributed by atoms with Crippen LogP contribution in [0.15, 0.2) is 0 Å². The highest BCUT2D eigenvalue weighted by molar-refractivity contribution is 8.27. The Morgan fingerprint density at radius 2 is 1.42 bits per heavy atom. The molecular weight excluding hydrogens is 204 g/mol. The summed E-state index contributed by atoms with van der Waals surface area (Å²) in [6, 6.07) is 0. The van der Waals surface area contributed by atoms with Crippen LogP contribution in [0.4, 0.5) is 0 Å². The van der Waals surface area contributed by atoms with Crippen LogP contribution in [-0.2, 0) is 9.13 Å². The second-order valence-corrected chi connectivity index (χ2v) is 7.91. The van der Waals surface area contributed by atoms with Gasteiger partial charge in [0.05, 0.1) is 0 Å². The average molecular weight is 217 g/mol. The van der Waals surface area contributed by atoms with Crippen LogP contribution in [0, 0.1) is 0 Å². The van der Waals surface area contributed by atoms with Crippen LogP contribution in [0.2, 0.25) is 0 Å². The van der Waals surface area contributed by atoms with Crippen molar-refractivity contribution in [3.63, 3.8) is 0 Å². The molecule has 0 amide bonds. The highest BCUT2D eigenvalue weighted by atomic mass is 32.1. The number of hydrogen-bond donors (Lipinski definition) is 3. The second-order valence-electron chi connectivity index (χ2n) is 2.17. The molecule has 0 rings (SSSR count). The van der Waals surface area contributed by atoms with Gasteiger partial charge in [-0.3, -0.25) is 4.57 Å². The normalized spacial score (nSPS) is 17.8. The van der Waals surface area contributed by atoms with Crippen LogP contribution in [0.25, 0.3) is 0 Å². The average Bonchev–Trinajstić information content (AvgIpc) is 1.87. The molecule has 0 fully saturated rings. The van der Waals surface area contributed by atoms with Gasteiger partial charge >= 0.3 is 14.5 Å². The van der Waals surface area contributed by atoms with E-state index in [1.165, 1.54) is 0 Å².